The van der Waals surface area contributed by atoms with Gasteiger partial charge in [0.2, 0.25) is 0 Å². The fourth-order valence-corrected chi connectivity index (χ4v) is 4.21. The van der Waals surface area contributed by atoms with Crippen LogP contribution >= 0.6 is 22.7 Å². The minimum Gasteiger partial charge on any atom is -0.482 e. The Hall–Kier alpha value is -2.64. The van der Waals surface area contributed by atoms with Crippen molar-refractivity contribution in [2.24, 2.45) is 0 Å². The van der Waals surface area contributed by atoms with Crippen molar-refractivity contribution in [3.63, 3.8) is 0 Å². The first-order chi connectivity index (χ1) is 12.7. The van der Waals surface area contributed by atoms with Crippen LogP contribution in [-0.2, 0) is 17.9 Å². The second-order valence-electron chi connectivity index (χ2n) is 5.87. The predicted octanol–water partition coefficient (Wildman–Crippen LogP) is 3.98. The largest absolute Gasteiger partial charge is 0.482 e. The van der Waals surface area contributed by atoms with Crippen LogP contribution in [0.2, 0.25) is 0 Å². The number of amides is 2. The third-order valence-electron chi connectivity index (χ3n) is 4.00. The van der Waals surface area contributed by atoms with E-state index in [0.717, 1.165) is 9.75 Å². The molecular formula is C19H16N2O3S2. The number of ether oxygens (including phenoxy) is 1. The van der Waals surface area contributed by atoms with Crippen molar-refractivity contribution in [2.75, 3.05) is 11.9 Å². The monoisotopic (exact) mass is 384 g/mol. The number of nitrogens with one attached hydrogen (secondary N) is 1. The fourth-order valence-electron chi connectivity index (χ4n) is 2.77. The molecule has 0 saturated heterocycles. The highest BCUT2D eigenvalue weighted by atomic mass is 32.1. The van der Waals surface area contributed by atoms with Crippen LogP contribution in [-0.4, -0.2) is 23.3 Å². The summed E-state index contributed by atoms with van der Waals surface area (Å²) in [6.07, 6.45) is 0. The summed E-state index contributed by atoms with van der Waals surface area (Å²) in [5.74, 6) is 0.284. The molecular weight excluding hydrogens is 368 g/mol. The molecule has 0 spiro atoms. The molecule has 2 amide bonds. The maximum absolute atomic E-state index is 13.1. The van der Waals surface area contributed by atoms with Gasteiger partial charge in [-0.05, 0) is 41.1 Å². The van der Waals surface area contributed by atoms with Crippen LogP contribution in [0.4, 0.5) is 5.69 Å². The lowest BCUT2D eigenvalue weighted by atomic mass is 10.1. The Labute approximate surface area is 158 Å². The molecule has 132 valence electrons. The Balaban J connectivity index is 1.60. The standard InChI is InChI=1S/C19H16N2O3S2/c22-18-12-24-17-9-13(5-6-16(17)20-18)19(23)21(10-14-3-1-7-25-14)11-15-4-2-8-26-15/h1-9H,10-12H2,(H,20,22). The second kappa shape index (κ2) is 7.31. The first-order valence-electron chi connectivity index (χ1n) is 8.10. The van der Waals surface area contributed by atoms with Crippen molar-refractivity contribution >= 4 is 40.2 Å². The number of nitrogens with zero attached hydrogens (tertiary/aromatic N) is 1. The zero-order valence-electron chi connectivity index (χ0n) is 13.8. The van der Waals surface area contributed by atoms with Crippen molar-refractivity contribution in [3.05, 3.63) is 68.5 Å². The maximum Gasteiger partial charge on any atom is 0.262 e. The van der Waals surface area contributed by atoms with Crippen LogP contribution < -0.4 is 10.1 Å². The molecule has 1 aromatic carbocycles. The van der Waals surface area contributed by atoms with Gasteiger partial charge in [0.05, 0.1) is 18.8 Å². The molecule has 1 N–H and O–H groups in total. The van der Waals surface area contributed by atoms with E-state index >= 15 is 0 Å². The molecule has 0 bridgehead atoms. The van der Waals surface area contributed by atoms with E-state index in [-0.39, 0.29) is 18.4 Å². The van der Waals surface area contributed by atoms with Crippen molar-refractivity contribution in [1.82, 2.24) is 4.90 Å². The molecule has 3 heterocycles. The summed E-state index contributed by atoms with van der Waals surface area (Å²) in [7, 11) is 0. The van der Waals surface area contributed by atoms with Crippen LogP contribution in [0.1, 0.15) is 20.1 Å². The number of carbonyl (C=O) groups excluding carboxylic acids is 2. The van der Waals surface area contributed by atoms with Crippen LogP contribution in [0.15, 0.2) is 53.2 Å². The average Bonchev–Trinajstić information content (AvgIpc) is 3.34. The number of carbonyl (C=O) groups is 2. The number of benzene rings is 1. The van der Waals surface area contributed by atoms with Crippen LogP contribution in [0, 0.1) is 0 Å². The lowest BCUT2D eigenvalue weighted by Gasteiger charge is -2.23. The Morgan fingerprint density at radius 2 is 1.77 bits per heavy atom. The lowest BCUT2D eigenvalue weighted by Crippen LogP contribution is -2.30. The Morgan fingerprint density at radius 3 is 2.38 bits per heavy atom. The van der Waals surface area contributed by atoms with Crippen LogP contribution in [0.5, 0.6) is 5.75 Å². The first-order valence-corrected chi connectivity index (χ1v) is 9.86. The molecule has 7 heteroatoms. The number of fused-ring (bicyclic) bond motifs is 1. The number of thiophene rings is 2. The van der Waals surface area contributed by atoms with Crippen molar-refractivity contribution in [1.29, 1.82) is 0 Å². The van der Waals surface area contributed by atoms with Gasteiger partial charge in [0, 0.05) is 15.3 Å². The van der Waals surface area contributed by atoms with Crippen LogP contribution in [0.3, 0.4) is 0 Å². The van der Waals surface area contributed by atoms with E-state index in [0.29, 0.717) is 30.1 Å². The van der Waals surface area contributed by atoms with Gasteiger partial charge in [0.25, 0.3) is 11.8 Å². The molecule has 0 atom stereocenters. The van der Waals surface area contributed by atoms with Crippen molar-refractivity contribution in [2.45, 2.75) is 13.1 Å². The molecule has 2 aromatic heterocycles. The zero-order chi connectivity index (χ0) is 17.9. The van der Waals surface area contributed by atoms with Gasteiger partial charge < -0.3 is 15.0 Å². The highest BCUT2D eigenvalue weighted by Gasteiger charge is 2.21. The van der Waals surface area contributed by atoms with Gasteiger partial charge in [-0.1, -0.05) is 12.1 Å². The summed E-state index contributed by atoms with van der Waals surface area (Å²) in [4.78, 5) is 28.6. The number of hydrogen-bond acceptors (Lipinski definition) is 5. The highest BCUT2D eigenvalue weighted by molar-refractivity contribution is 7.10. The minimum atomic E-state index is -0.186. The van der Waals surface area contributed by atoms with E-state index in [1.54, 1.807) is 40.9 Å². The third kappa shape index (κ3) is 3.63. The molecule has 0 aliphatic carbocycles. The topological polar surface area (TPSA) is 58.6 Å². The Kier molecular flexibility index (Phi) is 4.73. The summed E-state index contributed by atoms with van der Waals surface area (Å²) in [6, 6.07) is 13.2. The second-order valence-corrected chi connectivity index (χ2v) is 7.93. The van der Waals surface area contributed by atoms with E-state index in [4.69, 9.17) is 4.74 Å². The van der Waals surface area contributed by atoms with Gasteiger partial charge in [-0.25, -0.2) is 0 Å². The van der Waals surface area contributed by atoms with E-state index in [9.17, 15) is 9.59 Å². The highest BCUT2D eigenvalue weighted by Crippen LogP contribution is 2.29. The van der Waals surface area contributed by atoms with E-state index in [1.165, 1.54) is 0 Å². The Bertz CT molecular complexity index is 884. The smallest absolute Gasteiger partial charge is 0.262 e. The van der Waals surface area contributed by atoms with E-state index < -0.39 is 0 Å². The molecule has 1 aliphatic heterocycles. The summed E-state index contributed by atoms with van der Waals surface area (Å²) >= 11 is 3.27. The molecule has 0 unspecified atom stereocenters. The quantitative estimate of drug-likeness (QED) is 0.724. The number of rotatable bonds is 5. The summed E-state index contributed by atoms with van der Waals surface area (Å²) in [5, 5.41) is 6.77. The molecule has 4 rings (SSSR count). The number of hydrogen-bond donors (Lipinski definition) is 1. The summed E-state index contributed by atoms with van der Waals surface area (Å²) in [6.45, 7) is 1.09. The van der Waals surface area contributed by atoms with Gasteiger partial charge in [-0.15, -0.1) is 22.7 Å². The normalized spacial score (nSPS) is 12.8. The molecule has 1 aliphatic rings. The zero-order valence-corrected chi connectivity index (χ0v) is 15.4. The van der Waals surface area contributed by atoms with Gasteiger partial charge >= 0.3 is 0 Å². The van der Waals surface area contributed by atoms with Crippen molar-refractivity contribution in [3.8, 4) is 5.75 Å². The first kappa shape index (κ1) is 16.8. The van der Waals surface area contributed by atoms with E-state index in [1.807, 2.05) is 39.9 Å². The van der Waals surface area contributed by atoms with Gasteiger partial charge in [0.15, 0.2) is 6.61 Å². The third-order valence-corrected chi connectivity index (χ3v) is 5.72. The fraction of sp³-hybridized carbons (Fsp3) is 0.158. The van der Waals surface area contributed by atoms with Gasteiger partial charge in [-0.3, -0.25) is 9.59 Å². The molecule has 0 fully saturated rings. The lowest BCUT2D eigenvalue weighted by molar-refractivity contribution is -0.118. The van der Waals surface area contributed by atoms with Gasteiger partial charge in [0.1, 0.15) is 5.75 Å². The molecule has 5 nitrogen and oxygen atoms in total. The summed E-state index contributed by atoms with van der Waals surface area (Å²) in [5.41, 5.74) is 1.15. The molecule has 0 radical (unpaired) electrons. The molecule has 3 aromatic rings. The average molecular weight is 384 g/mol. The minimum absolute atomic E-state index is 0.0290. The summed E-state index contributed by atoms with van der Waals surface area (Å²) < 4.78 is 5.44. The SMILES string of the molecule is O=C1COc2cc(C(=O)N(Cc3cccs3)Cc3cccs3)ccc2N1. The maximum atomic E-state index is 13.1. The van der Waals surface area contributed by atoms with Crippen LogP contribution in [0.25, 0.3) is 0 Å². The van der Waals surface area contributed by atoms with E-state index in [2.05, 4.69) is 5.32 Å². The number of anilines is 1. The van der Waals surface area contributed by atoms with Gasteiger partial charge in [-0.2, -0.15) is 0 Å². The molecule has 0 saturated carbocycles. The van der Waals surface area contributed by atoms with Crippen molar-refractivity contribution < 1.29 is 14.3 Å². The molecule has 26 heavy (non-hydrogen) atoms. The Morgan fingerprint density at radius 1 is 1.08 bits per heavy atom. The predicted molar refractivity (Wildman–Crippen MR) is 103 cm³/mol.